The molecule has 180 valence electrons. The maximum atomic E-state index is 13.7. The van der Waals surface area contributed by atoms with Gasteiger partial charge in [-0.25, -0.2) is 0 Å². The van der Waals surface area contributed by atoms with Crippen LogP contribution in [0.5, 0.6) is 0 Å². The lowest BCUT2D eigenvalue weighted by atomic mass is 9.79. The molecule has 1 aromatic heterocycles. The summed E-state index contributed by atoms with van der Waals surface area (Å²) in [5.74, 6) is 0.687. The number of carbonyl (C=O) groups excluding carboxylic acids is 2. The van der Waals surface area contributed by atoms with Crippen LogP contribution in [0, 0.1) is 11.8 Å². The molecule has 33 heavy (non-hydrogen) atoms. The van der Waals surface area contributed by atoms with Gasteiger partial charge in [0.1, 0.15) is 11.7 Å². The number of nitrogens with one attached hydrogen (secondary N) is 1. The number of rotatable bonds is 5. The van der Waals surface area contributed by atoms with E-state index in [1.807, 2.05) is 13.2 Å². The van der Waals surface area contributed by atoms with Crippen LogP contribution >= 0.6 is 0 Å². The average Bonchev–Trinajstić information content (AvgIpc) is 3.51. The molecule has 4 aliphatic rings. The van der Waals surface area contributed by atoms with Gasteiger partial charge in [0, 0.05) is 44.1 Å². The first-order chi connectivity index (χ1) is 15.9. The van der Waals surface area contributed by atoms with Gasteiger partial charge in [-0.2, -0.15) is 5.10 Å². The second-order valence-electron chi connectivity index (χ2n) is 10.7. The molecule has 0 radical (unpaired) electrons. The Morgan fingerprint density at radius 2 is 2.00 bits per heavy atom. The maximum Gasteiger partial charge on any atom is 0.269 e. The summed E-state index contributed by atoms with van der Waals surface area (Å²) in [6.07, 6.45) is 12.2. The smallest absolute Gasteiger partial charge is 0.269 e. The molecule has 0 spiro atoms. The molecular weight excluding hydrogens is 416 g/mol. The Balaban J connectivity index is 1.44. The van der Waals surface area contributed by atoms with Gasteiger partial charge in [0.25, 0.3) is 11.8 Å². The number of carbonyl (C=O) groups is 2. The highest BCUT2D eigenvalue weighted by molar-refractivity contribution is 6.05. The van der Waals surface area contributed by atoms with Crippen LogP contribution in [-0.4, -0.2) is 68.7 Å². The topological polar surface area (TPSA) is 73.7 Å². The minimum absolute atomic E-state index is 0.0585. The zero-order chi connectivity index (χ0) is 23.3. The quantitative estimate of drug-likeness (QED) is 0.740. The summed E-state index contributed by atoms with van der Waals surface area (Å²) in [5.41, 5.74) is 1.36. The number of hydrogen-bond donors (Lipinski definition) is 1. The number of aromatic nitrogens is 2. The van der Waals surface area contributed by atoms with Gasteiger partial charge < -0.3 is 10.2 Å². The zero-order valence-electron chi connectivity index (χ0n) is 20.4. The van der Waals surface area contributed by atoms with E-state index in [0.29, 0.717) is 30.2 Å². The average molecular weight is 455 g/mol. The van der Waals surface area contributed by atoms with Crippen molar-refractivity contribution >= 4 is 17.5 Å². The lowest BCUT2D eigenvalue weighted by Gasteiger charge is -2.41. The molecule has 0 aromatic carbocycles. The number of nitrogens with zero attached hydrogens (tertiary/aromatic N) is 5. The number of hydrogen-bond acceptors (Lipinski definition) is 5. The van der Waals surface area contributed by atoms with Crippen LogP contribution in [0.4, 0.5) is 5.69 Å². The minimum atomic E-state index is -0.289. The number of amides is 2. The molecule has 5 rings (SSSR count). The zero-order valence-corrected chi connectivity index (χ0v) is 20.4. The van der Waals surface area contributed by atoms with E-state index in [2.05, 4.69) is 41.0 Å². The molecule has 4 heterocycles. The van der Waals surface area contributed by atoms with Crippen molar-refractivity contribution in [1.29, 1.82) is 0 Å². The van der Waals surface area contributed by atoms with Crippen LogP contribution in [0.15, 0.2) is 24.3 Å². The summed E-state index contributed by atoms with van der Waals surface area (Å²) in [5, 5.41) is 7.51. The van der Waals surface area contributed by atoms with Gasteiger partial charge in [-0.05, 0) is 57.9 Å². The molecule has 1 aliphatic carbocycles. The molecule has 8 nitrogen and oxygen atoms in total. The summed E-state index contributed by atoms with van der Waals surface area (Å²) in [6, 6.07) is 0.843. The van der Waals surface area contributed by atoms with E-state index in [0.717, 1.165) is 37.9 Å². The Hall–Kier alpha value is -2.35. The lowest BCUT2D eigenvalue weighted by Crippen LogP contribution is -2.55. The summed E-state index contributed by atoms with van der Waals surface area (Å²) in [4.78, 5) is 33.7. The minimum Gasteiger partial charge on any atom is -0.350 e. The Labute approximate surface area is 197 Å². The first-order valence-corrected chi connectivity index (χ1v) is 12.7. The molecule has 1 aromatic rings. The third-order valence-electron chi connectivity index (χ3n) is 8.42. The van der Waals surface area contributed by atoms with Crippen molar-refractivity contribution in [2.24, 2.45) is 18.9 Å². The Morgan fingerprint density at radius 3 is 2.73 bits per heavy atom. The van der Waals surface area contributed by atoms with Gasteiger partial charge in [0.2, 0.25) is 0 Å². The Bertz CT molecular complexity index is 939. The van der Waals surface area contributed by atoms with Crippen molar-refractivity contribution in [3.63, 3.8) is 0 Å². The first-order valence-electron chi connectivity index (χ1n) is 12.7. The second-order valence-corrected chi connectivity index (χ2v) is 10.7. The van der Waals surface area contributed by atoms with E-state index < -0.39 is 0 Å². The standard InChI is InChI=1S/C25H38N6O2/c1-16(2)29-11-7-8-18(29)12-26-24(32)22-15-30(19-13-27-28(4)14-19)25(33)23-17(3)20-9-5-6-10-21(20)31(22)23/h13-18,20-21,23H,5-12H2,1-4H3,(H,26,32)/t17?,18-,20?,21?,23?/m0/s1. The molecule has 4 unspecified atom stereocenters. The molecule has 2 saturated heterocycles. The highest BCUT2D eigenvalue weighted by Gasteiger charge is 2.54. The summed E-state index contributed by atoms with van der Waals surface area (Å²) >= 11 is 0. The van der Waals surface area contributed by atoms with Gasteiger partial charge in [-0.3, -0.25) is 24.1 Å². The molecule has 3 fully saturated rings. The fourth-order valence-electron chi connectivity index (χ4n) is 6.83. The molecule has 1 saturated carbocycles. The number of anilines is 1. The van der Waals surface area contributed by atoms with Crippen molar-refractivity contribution in [3.05, 3.63) is 24.3 Å². The van der Waals surface area contributed by atoms with Crippen LogP contribution in [0.1, 0.15) is 59.3 Å². The summed E-state index contributed by atoms with van der Waals surface area (Å²) < 4.78 is 1.70. The van der Waals surface area contributed by atoms with E-state index in [9.17, 15) is 9.59 Å². The lowest BCUT2D eigenvalue weighted by molar-refractivity contribution is -0.126. The van der Waals surface area contributed by atoms with Crippen LogP contribution in [-0.2, 0) is 16.6 Å². The molecule has 1 N–H and O–H groups in total. The molecule has 5 atom stereocenters. The number of likely N-dealkylation sites (tertiary alicyclic amines) is 1. The monoisotopic (exact) mass is 454 g/mol. The highest BCUT2D eigenvalue weighted by atomic mass is 16.2. The van der Waals surface area contributed by atoms with Gasteiger partial charge in [0.15, 0.2) is 0 Å². The number of fused-ring (bicyclic) bond motifs is 3. The van der Waals surface area contributed by atoms with E-state index >= 15 is 0 Å². The van der Waals surface area contributed by atoms with Crippen LogP contribution in [0.2, 0.25) is 0 Å². The van der Waals surface area contributed by atoms with Gasteiger partial charge in [-0.1, -0.05) is 19.8 Å². The molecule has 3 aliphatic heterocycles. The van der Waals surface area contributed by atoms with E-state index in [1.165, 1.54) is 12.8 Å². The molecule has 0 bridgehead atoms. The third kappa shape index (κ3) is 3.86. The van der Waals surface area contributed by atoms with E-state index in [1.54, 1.807) is 22.0 Å². The largest absolute Gasteiger partial charge is 0.350 e. The van der Waals surface area contributed by atoms with Gasteiger partial charge in [-0.15, -0.1) is 0 Å². The fraction of sp³-hybridized carbons (Fsp3) is 0.720. The van der Waals surface area contributed by atoms with Gasteiger partial charge >= 0.3 is 0 Å². The number of aryl methyl sites for hydroxylation is 1. The van der Waals surface area contributed by atoms with Crippen molar-refractivity contribution in [2.45, 2.75) is 83.5 Å². The molecular formula is C25H38N6O2. The Kier molecular flexibility index (Phi) is 5.97. The van der Waals surface area contributed by atoms with E-state index in [4.69, 9.17) is 0 Å². The summed E-state index contributed by atoms with van der Waals surface area (Å²) in [7, 11) is 1.84. The Morgan fingerprint density at radius 1 is 1.21 bits per heavy atom. The van der Waals surface area contributed by atoms with Crippen LogP contribution in [0.3, 0.4) is 0 Å². The van der Waals surface area contributed by atoms with Crippen molar-refractivity contribution < 1.29 is 9.59 Å². The molecule has 2 amide bonds. The third-order valence-corrected chi connectivity index (χ3v) is 8.42. The first kappa shape index (κ1) is 22.4. The van der Waals surface area contributed by atoms with Crippen LogP contribution in [0.25, 0.3) is 0 Å². The predicted molar refractivity (Wildman–Crippen MR) is 127 cm³/mol. The van der Waals surface area contributed by atoms with Crippen molar-refractivity contribution in [3.8, 4) is 0 Å². The normalized spacial score (nSPS) is 32.2. The molecule has 8 heteroatoms. The fourth-order valence-corrected chi connectivity index (χ4v) is 6.83. The van der Waals surface area contributed by atoms with Crippen LogP contribution < -0.4 is 10.2 Å². The highest BCUT2D eigenvalue weighted by Crippen LogP contribution is 2.47. The summed E-state index contributed by atoms with van der Waals surface area (Å²) in [6.45, 7) is 8.39. The SMILES string of the molecule is CC1C2CCCCC2N2C(C(=O)NC[C@@H]3CCCN3C(C)C)=CN(c3cnn(C)c3)C(=O)C12. The predicted octanol–water partition coefficient (Wildman–Crippen LogP) is 2.48. The van der Waals surface area contributed by atoms with Crippen molar-refractivity contribution in [2.75, 3.05) is 18.0 Å². The van der Waals surface area contributed by atoms with Crippen molar-refractivity contribution in [1.82, 2.24) is 24.9 Å². The van der Waals surface area contributed by atoms with Gasteiger partial charge in [0.05, 0.1) is 11.9 Å². The second kappa shape index (κ2) is 8.78. The maximum absolute atomic E-state index is 13.7. The van der Waals surface area contributed by atoms with E-state index in [-0.39, 0.29) is 29.8 Å².